The van der Waals surface area contributed by atoms with Crippen LogP contribution in [0.1, 0.15) is 30.9 Å². The zero-order valence-corrected chi connectivity index (χ0v) is 18.7. The van der Waals surface area contributed by atoms with Gasteiger partial charge in [-0.2, -0.15) is 0 Å². The molecule has 6 nitrogen and oxygen atoms in total. The van der Waals surface area contributed by atoms with E-state index >= 15 is 0 Å². The lowest BCUT2D eigenvalue weighted by Gasteiger charge is -2.16. The fraction of sp³-hybridized carbons (Fsp3) is 0.520. The Balaban J connectivity index is 1.59. The van der Waals surface area contributed by atoms with E-state index in [9.17, 15) is 0 Å². The maximum atomic E-state index is 5.97. The van der Waals surface area contributed by atoms with E-state index in [1.165, 1.54) is 5.56 Å². The summed E-state index contributed by atoms with van der Waals surface area (Å²) in [6, 6.07) is 12.1. The molecule has 0 radical (unpaired) electrons. The van der Waals surface area contributed by atoms with Crippen molar-refractivity contribution in [1.82, 2.24) is 0 Å². The number of unbranched alkanes of at least 4 members (excludes halogenated alkanes) is 1. The normalized spacial score (nSPS) is 16.2. The highest BCUT2D eigenvalue weighted by Gasteiger charge is 2.09. The van der Waals surface area contributed by atoms with Gasteiger partial charge >= 0.3 is 0 Å². The van der Waals surface area contributed by atoms with E-state index in [0.717, 1.165) is 42.1 Å². The molecule has 0 bridgehead atoms. The van der Waals surface area contributed by atoms with Crippen molar-refractivity contribution in [3.63, 3.8) is 0 Å². The molecule has 0 N–H and O–H groups in total. The van der Waals surface area contributed by atoms with Gasteiger partial charge in [0.05, 0.1) is 26.4 Å². The van der Waals surface area contributed by atoms with Crippen molar-refractivity contribution in [3.05, 3.63) is 47.5 Å². The average molecular weight is 431 g/mol. The Morgan fingerprint density at radius 1 is 0.613 bits per heavy atom. The number of hydrogen-bond acceptors (Lipinski definition) is 6. The maximum absolute atomic E-state index is 5.97. The molecule has 0 unspecified atom stereocenters. The minimum Gasteiger partial charge on any atom is -0.487 e. The zero-order chi connectivity index (χ0) is 21.7. The van der Waals surface area contributed by atoms with Crippen LogP contribution in [0.2, 0.25) is 0 Å². The Hall–Kier alpha value is -2.44. The molecule has 0 saturated heterocycles. The number of rotatable bonds is 3. The highest BCUT2D eigenvalue weighted by molar-refractivity contribution is 5.43. The minimum atomic E-state index is 0.441. The van der Waals surface area contributed by atoms with Crippen LogP contribution in [-0.4, -0.2) is 52.9 Å². The molecule has 170 valence electrons. The monoisotopic (exact) mass is 430 g/mol. The fourth-order valence-electron chi connectivity index (χ4n) is 3.21. The highest BCUT2D eigenvalue weighted by atomic mass is 16.6. The first kappa shape index (κ1) is 23.2. The van der Waals surface area contributed by atoms with Gasteiger partial charge in [-0.25, -0.2) is 0 Å². The molecule has 0 aromatic heterocycles. The number of benzene rings is 2. The number of hydrogen-bond donors (Lipinski definition) is 0. The Labute approximate surface area is 185 Å². The molecule has 6 heteroatoms. The van der Waals surface area contributed by atoms with Crippen molar-refractivity contribution < 1.29 is 28.4 Å². The van der Waals surface area contributed by atoms with Crippen LogP contribution in [0.25, 0.3) is 0 Å². The number of aryl methyl sites for hydroxylation is 2. The molecule has 2 aromatic carbocycles. The molecule has 0 amide bonds. The molecular formula is C25H34O6. The molecule has 1 aliphatic rings. The first-order chi connectivity index (χ1) is 15.3. The van der Waals surface area contributed by atoms with Crippen LogP contribution < -0.4 is 18.9 Å². The summed E-state index contributed by atoms with van der Waals surface area (Å²) in [5.74, 6) is 2.91. The van der Waals surface area contributed by atoms with E-state index in [1.54, 1.807) is 0 Å². The van der Waals surface area contributed by atoms with Crippen LogP contribution in [0.3, 0.4) is 0 Å². The molecule has 0 atom stereocenters. The Morgan fingerprint density at radius 3 is 1.71 bits per heavy atom. The first-order valence-corrected chi connectivity index (χ1v) is 11.2. The molecule has 0 fully saturated rings. The fourth-order valence-corrected chi connectivity index (χ4v) is 3.21. The number of fused-ring (bicyclic) bond motifs is 2. The van der Waals surface area contributed by atoms with Gasteiger partial charge in [-0.15, -0.1) is 0 Å². The van der Waals surface area contributed by atoms with Gasteiger partial charge in [-0.1, -0.05) is 25.5 Å². The van der Waals surface area contributed by atoms with Crippen LogP contribution in [0.15, 0.2) is 36.4 Å². The molecule has 0 aliphatic carbocycles. The molecule has 1 aliphatic heterocycles. The maximum Gasteiger partial charge on any atom is 0.161 e. The number of ether oxygens (including phenoxy) is 6. The lowest BCUT2D eigenvalue weighted by molar-refractivity contribution is 0.0640. The van der Waals surface area contributed by atoms with Crippen molar-refractivity contribution in [2.45, 2.75) is 33.1 Å². The van der Waals surface area contributed by atoms with Crippen LogP contribution in [-0.2, 0) is 15.9 Å². The van der Waals surface area contributed by atoms with Crippen molar-refractivity contribution >= 4 is 0 Å². The van der Waals surface area contributed by atoms with Gasteiger partial charge < -0.3 is 28.4 Å². The van der Waals surface area contributed by atoms with Crippen LogP contribution in [0, 0.1) is 6.92 Å². The van der Waals surface area contributed by atoms with Gasteiger partial charge in [0.2, 0.25) is 0 Å². The predicted molar refractivity (Wildman–Crippen MR) is 120 cm³/mol. The molecule has 0 saturated carbocycles. The summed E-state index contributed by atoms with van der Waals surface area (Å²) in [7, 11) is 0. The van der Waals surface area contributed by atoms with Gasteiger partial charge in [0.1, 0.15) is 26.4 Å². The van der Waals surface area contributed by atoms with Crippen molar-refractivity contribution in [3.8, 4) is 23.0 Å². The minimum absolute atomic E-state index is 0.441. The van der Waals surface area contributed by atoms with Crippen LogP contribution >= 0.6 is 0 Å². The Bertz CT molecular complexity index is 792. The largest absolute Gasteiger partial charge is 0.487 e. The van der Waals surface area contributed by atoms with Crippen LogP contribution in [0.4, 0.5) is 0 Å². The summed E-state index contributed by atoms with van der Waals surface area (Å²) in [4.78, 5) is 0. The quantitative estimate of drug-likeness (QED) is 0.709. The first-order valence-electron chi connectivity index (χ1n) is 11.2. The summed E-state index contributed by atoms with van der Waals surface area (Å²) in [6.07, 6.45) is 3.35. The third-order valence-electron chi connectivity index (χ3n) is 4.87. The third kappa shape index (κ3) is 7.96. The molecule has 31 heavy (non-hydrogen) atoms. The van der Waals surface area contributed by atoms with E-state index in [4.69, 9.17) is 28.4 Å². The lowest BCUT2D eigenvalue weighted by atomic mass is 10.1. The van der Waals surface area contributed by atoms with Crippen molar-refractivity contribution in [2.75, 3.05) is 52.9 Å². The predicted octanol–water partition coefficient (Wildman–Crippen LogP) is 4.60. The third-order valence-corrected chi connectivity index (χ3v) is 4.87. The van der Waals surface area contributed by atoms with Gasteiger partial charge in [0.25, 0.3) is 0 Å². The summed E-state index contributed by atoms with van der Waals surface area (Å²) < 4.78 is 34.9. The summed E-state index contributed by atoms with van der Waals surface area (Å²) in [5.41, 5.74) is 2.37. The second-order valence-electron chi connectivity index (χ2n) is 7.45. The molecule has 1 heterocycles. The lowest BCUT2D eigenvalue weighted by Crippen LogP contribution is -2.15. The van der Waals surface area contributed by atoms with Crippen molar-refractivity contribution in [1.29, 1.82) is 0 Å². The van der Waals surface area contributed by atoms with E-state index in [-0.39, 0.29) is 0 Å². The summed E-state index contributed by atoms with van der Waals surface area (Å²) in [5, 5.41) is 0. The Morgan fingerprint density at radius 2 is 1.13 bits per heavy atom. The second kappa shape index (κ2) is 13.1. The van der Waals surface area contributed by atoms with Crippen LogP contribution in [0.5, 0.6) is 23.0 Å². The smallest absolute Gasteiger partial charge is 0.161 e. The highest BCUT2D eigenvalue weighted by Crippen LogP contribution is 2.30. The van der Waals surface area contributed by atoms with E-state index in [0.29, 0.717) is 58.6 Å². The molecule has 0 spiro atoms. The Kier molecular flexibility index (Phi) is 9.80. The second-order valence-corrected chi connectivity index (χ2v) is 7.45. The van der Waals surface area contributed by atoms with E-state index in [1.807, 2.05) is 31.2 Å². The molecule has 3 rings (SSSR count). The van der Waals surface area contributed by atoms with E-state index in [2.05, 4.69) is 19.1 Å². The molecular weight excluding hydrogens is 396 g/mol. The topological polar surface area (TPSA) is 55.4 Å². The zero-order valence-electron chi connectivity index (χ0n) is 18.7. The van der Waals surface area contributed by atoms with Gasteiger partial charge in [-0.05, 0) is 55.2 Å². The van der Waals surface area contributed by atoms with Gasteiger partial charge in [-0.3, -0.25) is 0 Å². The van der Waals surface area contributed by atoms with Gasteiger partial charge in [0, 0.05) is 0 Å². The standard InChI is InChI=1S/C25H34O6/c1-3-4-5-21-7-9-23-25(19-21)31-17-13-27-10-14-28-22-8-6-20(2)18-24(22)30-16-12-26-11-15-29-23/h6-9,18-19H,3-5,10-17H2,1-2H3. The SMILES string of the molecule is CCCCc1ccc2c(c1)OCCOCCOc1ccc(C)cc1OCCOCCO2. The van der Waals surface area contributed by atoms with E-state index < -0.39 is 0 Å². The van der Waals surface area contributed by atoms with Gasteiger partial charge in [0.15, 0.2) is 23.0 Å². The molecule has 2 aromatic rings. The average Bonchev–Trinajstić information content (AvgIpc) is 2.77. The van der Waals surface area contributed by atoms with Crippen molar-refractivity contribution in [2.24, 2.45) is 0 Å². The summed E-state index contributed by atoms with van der Waals surface area (Å²) in [6.45, 7) is 7.88. The summed E-state index contributed by atoms with van der Waals surface area (Å²) >= 11 is 0.